The SMILES string of the molecule is CC(C)c1[nH]n(-c2c(Cl)cc(Cl)cc2Cl)c2nc(Cc3ccc(NC(=O)CN4CCCC4)cc3)nc(=O)c1-2. The number of benzene rings is 2. The maximum Gasteiger partial charge on any atom is 0.284 e. The monoisotopic (exact) mass is 572 g/mol. The van der Waals surface area contributed by atoms with Crippen LogP contribution in [0.2, 0.25) is 15.1 Å². The molecule has 0 radical (unpaired) electrons. The number of H-pyrrole nitrogens is 1. The summed E-state index contributed by atoms with van der Waals surface area (Å²) in [4.78, 5) is 36.7. The Labute approximate surface area is 235 Å². The fourth-order valence-electron chi connectivity index (χ4n) is 4.74. The highest BCUT2D eigenvalue weighted by atomic mass is 35.5. The van der Waals surface area contributed by atoms with Crippen LogP contribution < -0.4 is 10.9 Å². The number of carbonyl (C=O) groups excluding carboxylic acids is 1. The molecule has 8 nitrogen and oxygen atoms in total. The van der Waals surface area contributed by atoms with Crippen molar-refractivity contribution in [3.63, 3.8) is 0 Å². The molecule has 11 heteroatoms. The standard InChI is InChI=1S/C27H27Cl3N6O2/c1-15(2)24-23-26(36(34-24)25-19(29)12-17(28)13-20(25)30)32-21(33-27(23)38)11-16-5-7-18(8-6-16)31-22(37)14-35-9-3-4-10-35/h5-8,12-13,15,34H,3-4,9-11,14H2,1-2H3,(H,31,37). The van der Waals surface area contributed by atoms with Gasteiger partial charge in [0.15, 0.2) is 5.82 Å². The molecule has 3 aliphatic heterocycles. The zero-order valence-electron chi connectivity index (χ0n) is 21.0. The van der Waals surface area contributed by atoms with Gasteiger partial charge in [0, 0.05) is 17.1 Å². The van der Waals surface area contributed by atoms with Crippen molar-refractivity contribution in [3.05, 3.63) is 78.9 Å². The summed E-state index contributed by atoms with van der Waals surface area (Å²) in [7, 11) is 0. The molecule has 0 bridgehead atoms. The van der Waals surface area contributed by atoms with Gasteiger partial charge in [0.05, 0.1) is 22.3 Å². The molecule has 5 rings (SSSR count). The smallest absolute Gasteiger partial charge is 0.284 e. The van der Waals surface area contributed by atoms with Crippen LogP contribution in [-0.4, -0.2) is 50.2 Å². The molecule has 3 aliphatic rings. The lowest BCUT2D eigenvalue weighted by molar-refractivity contribution is -0.117. The van der Waals surface area contributed by atoms with E-state index >= 15 is 0 Å². The summed E-state index contributed by atoms with van der Waals surface area (Å²) in [5, 5.41) is 7.23. The van der Waals surface area contributed by atoms with Crippen LogP contribution in [-0.2, 0) is 11.2 Å². The van der Waals surface area contributed by atoms with E-state index in [0.717, 1.165) is 37.2 Å². The fourth-order valence-corrected chi connectivity index (χ4v) is 5.72. The van der Waals surface area contributed by atoms with Crippen LogP contribution in [0.15, 0.2) is 41.2 Å². The average molecular weight is 574 g/mol. The molecule has 198 valence electrons. The summed E-state index contributed by atoms with van der Waals surface area (Å²) in [6.07, 6.45) is 2.61. The van der Waals surface area contributed by atoms with Crippen molar-refractivity contribution in [1.29, 1.82) is 0 Å². The molecule has 0 unspecified atom stereocenters. The second kappa shape index (κ2) is 11.1. The van der Waals surface area contributed by atoms with Crippen LogP contribution in [0.3, 0.4) is 0 Å². The Balaban J connectivity index is 1.43. The number of anilines is 1. The van der Waals surface area contributed by atoms with Gasteiger partial charge in [-0.2, -0.15) is 4.98 Å². The van der Waals surface area contributed by atoms with Crippen molar-refractivity contribution in [2.45, 2.75) is 39.0 Å². The summed E-state index contributed by atoms with van der Waals surface area (Å²) in [5.41, 5.74) is 2.77. The van der Waals surface area contributed by atoms with Crippen molar-refractivity contribution in [3.8, 4) is 17.1 Å². The van der Waals surface area contributed by atoms with Crippen LogP contribution in [0.25, 0.3) is 17.1 Å². The van der Waals surface area contributed by atoms with Crippen LogP contribution in [0.4, 0.5) is 5.69 Å². The normalized spacial score (nSPS) is 14.1. The highest BCUT2D eigenvalue weighted by Gasteiger charge is 2.27. The lowest BCUT2D eigenvalue weighted by Gasteiger charge is -2.14. The summed E-state index contributed by atoms with van der Waals surface area (Å²) in [5.74, 6) is 0.721. The number of carbonyl (C=O) groups is 1. The third-order valence-corrected chi connectivity index (χ3v) is 7.36. The van der Waals surface area contributed by atoms with Crippen molar-refractivity contribution >= 4 is 46.4 Å². The van der Waals surface area contributed by atoms with Gasteiger partial charge in [-0.05, 0) is 61.7 Å². The van der Waals surface area contributed by atoms with Crippen LogP contribution in [0, 0.1) is 0 Å². The molecule has 0 aromatic heterocycles. The van der Waals surface area contributed by atoms with E-state index < -0.39 is 0 Å². The summed E-state index contributed by atoms with van der Waals surface area (Å²) in [6.45, 7) is 6.28. The zero-order chi connectivity index (χ0) is 27.0. The molecule has 0 atom stereocenters. The van der Waals surface area contributed by atoms with Crippen LogP contribution in [0.1, 0.15) is 49.7 Å². The summed E-state index contributed by atoms with van der Waals surface area (Å²) < 4.78 is 1.62. The largest absolute Gasteiger partial charge is 0.325 e. The Hall–Kier alpha value is -2.91. The van der Waals surface area contributed by atoms with Crippen LogP contribution in [0.5, 0.6) is 0 Å². The van der Waals surface area contributed by atoms with Gasteiger partial charge in [-0.25, -0.2) is 9.67 Å². The number of likely N-dealkylation sites (tertiary alicyclic amines) is 1. The average Bonchev–Trinajstić information content (AvgIpc) is 3.48. The van der Waals surface area contributed by atoms with Gasteiger partial charge < -0.3 is 5.32 Å². The zero-order valence-corrected chi connectivity index (χ0v) is 23.3. The Kier molecular flexibility index (Phi) is 7.77. The molecule has 2 aromatic carbocycles. The lowest BCUT2D eigenvalue weighted by Crippen LogP contribution is -2.30. The Morgan fingerprint density at radius 3 is 2.34 bits per heavy atom. The maximum absolute atomic E-state index is 13.2. The molecule has 0 aliphatic carbocycles. The predicted octanol–water partition coefficient (Wildman–Crippen LogP) is 5.77. The van der Waals surface area contributed by atoms with E-state index in [4.69, 9.17) is 39.8 Å². The quantitative estimate of drug-likeness (QED) is 0.293. The number of hydrogen-bond donors (Lipinski definition) is 2. The third kappa shape index (κ3) is 5.59. The highest BCUT2D eigenvalue weighted by molar-refractivity contribution is 6.40. The minimum absolute atomic E-state index is 0.000949. The number of amides is 1. The molecule has 1 amide bonds. The van der Waals surface area contributed by atoms with Gasteiger partial charge in [0.2, 0.25) is 5.91 Å². The number of aromatic amines is 1. The van der Waals surface area contributed by atoms with Crippen molar-refractivity contribution in [2.24, 2.45) is 0 Å². The molecule has 2 aromatic rings. The number of rotatable bonds is 7. The first kappa shape index (κ1) is 26.7. The fraction of sp³-hybridized carbons (Fsp3) is 0.333. The van der Waals surface area contributed by atoms with E-state index in [0.29, 0.717) is 56.6 Å². The van der Waals surface area contributed by atoms with Crippen molar-refractivity contribution in [1.82, 2.24) is 24.6 Å². The molecule has 2 N–H and O–H groups in total. The summed E-state index contributed by atoms with van der Waals surface area (Å²) >= 11 is 19.1. The molecule has 0 saturated carbocycles. The van der Waals surface area contributed by atoms with Gasteiger partial charge >= 0.3 is 0 Å². The molecule has 38 heavy (non-hydrogen) atoms. The van der Waals surface area contributed by atoms with Gasteiger partial charge in [-0.3, -0.25) is 19.6 Å². The topological polar surface area (TPSA) is 95.9 Å². The minimum Gasteiger partial charge on any atom is -0.325 e. The lowest BCUT2D eigenvalue weighted by atomic mass is 10.1. The first-order valence-electron chi connectivity index (χ1n) is 12.5. The highest BCUT2D eigenvalue weighted by Crippen LogP contribution is 2.36. The summed E-state index contributed by atoms with van der Waals surface area (Å²) in [6, 6.07) is 10.6. The van der Waals surface area contributed by atoms with Gasteiger partial charge in [-0.1, -0.05) is 60.8 Å². The molecule has 0 spiro atoms. The second-order valence-corrected chi connectivity index (χ2v) is 11.0. The number of aromatic nitrogens is 4. The van der Waals surface area contributed by atoms with E-state index in [1.165, 1.54) is 0 Å². The van der Waals surface area contributed by atoms with E-state index in [2.05, 4.69) is 20.3 Å². The Morgan fingerprint density at radius 1 is 1.05 bits per heavy atom. The van der Waals surface area contributed by atoms with Crippen LogP contribution >= 0.6 is 34.8 Å². The Bertz CT molecular complexity index is 1480. The van der Waals surface area contributed by atoms with Gasteiger partial charge in [-0.15, -0.1) is 0 Å². The van der Waals surface area contributed by atoms with Crippen molar-refractivity contribution < 1.29 is 4.79 Å². The first-order chi connectivity index (χ1) is 18.2. The van der Waals surface area contributed by atoms with E-state index in [1.54, 1.807) is 16.8 Å². The molecule has 1 fully saturated rings. The number of fused-ring (bicyclic) bond motifs is 1. The molecule has 3 heterocycles. The number of halogens is 3. The molecular formula is C27H27Cl3N6O2. The first-order valence-corrected chi connectivity index (χ1v) is 13.6. The van der Waals surface area contributed by atoms with E-state index in [-0.39, 0.29) is 17.4 Å². The van der Waals surface area contributed by atoms with E-state index in [9.17, 15) is 9.59 Å². The maximum atomic E-state index is 13.2. The number of nitrogens with one attached hydrogen (secondary N) is 2. The second-order valence-electron chi connectivity index (χ2n) is 9.78. The van der Waals surface area contributed by atoms with Gasteiger partial charge in [0.25, 0.3) is 5.56 Å². The minimum atomic E-state index is -0.379. The van der Waals surface area contributed by atoms with Crippen molar-refractivity contribution in [2.75, 3.05) is 25.0 Å². The molecule has 1 saturated heterocycles. The number of nitrogens with zero attached hydrogens (tertiary/aromatic N) is 4. The molecular weight excluding hydrogens is 547 g/mol. The third-order valence-electron chi connectivity index (χ3n) is 6.56. The number of hydrogen-bond acceptors (Lipinski definition) is 5. The van der Waals surface area contributed by atoms with E-state index in [1.807, 2.05) is 38.1 Å². The van der Waals surface area contributed by atoms with Gasteiger partial charge in [0.1, 0.15) is 17.1 Å². The predicted molar refractivity (Wildman–Crippen MR) is 151 cm³/mol. The Morgan fingerprint density at radius 2 is 1.71 bits per heavy atom.